The average Bonchev–Trinajstić information content (AvgIpc) is 3.51. The molecular weight excluding hydrogens is 338 g/mol. The summed E-state index contributed by atoms with van der Waals surface area (Å²) in [6.45, 7) is 1.91. The van der Waals surface area contributed by atoms with Gasteiger partial charge in [-0.25, -0.2) is 0 Å². The molecule has 0 spiro atoms. The molecule has 5 nitrogen and oxygen atoms in total. The molecule has 1 aliphatic heterocycles. The maximum Gasteiger partial charge on any atom is 0.230 e. The van der Waals surface area contributed by atoms with E-state index >= 15 is 0 Å². The van der Waals surface area contributed by atoms with Crippen LogP contribution in [-0.4, -0.2) is 47.2 Å². The lowest BCUT2D eigenvalue weighted by Crippen LogP contribution is -2.53. The summed E-state index contributed by atoms with van der Waals surface area (Å²) in [4.78, 5) is 15.4. The molecule has 3 aliphatic rings. The molecule has 0 aromatic heterocycles. The van der Waals surface area contributed by atoms with Crippen molar-refractivity contribution in [3.63, 3.8) is 0 Å². The maximum absolute atomic E-state index is 13.0. The molecule has 1 aromatic carbocycles. The molecule has 2 aliphatic carbocycles. The maximum atomic E-state index is 13.0. The second-order valence-electron chi connectivity index (χ2n) is 8.47. The second-order valence-corrected chi connectivity index (χ2v) is 8.47. The predicted octanol–water partition coefficient (Wildman–Crippen LogP) is 2.47. The Kier molecular flexibility index (Phi) is 5.21. The van der Waals surface area contributed by atoms with Crippen LogP contribution in [0.15, 0.2) is 24.3 Å². The van der Waals surface area contributed by atoms with E-state index in [1.54, 1.807) is 12.1 Å². The van der Waals surface area contributed by atoms with Gasteiger partial charge in [-0.15, -0.1) is 0 Å². The molecule has 1 saturated heterocycles. The Labute approximate surface area is 161 Å². The van der Waals surface area contributed by atoms with Crippen LogP contribution in [0.3, 0.4) is 0 Å². The lowest BCUT2D eigenvalue weighted by atomic mass is 9.89. The zero-order valence-electron chi connectivity index (χ0n) is 15.9. The molecule has 2 unspecified atom stereocenters. The SMILES string of the molecule is N#Cc1ccc(C2(C(=O)NC3CCN(C4CCCCC4O)CC3)CC2)cc1. The number of carbonyl (C=O) groups is 1. The first-order chi connectivity index (χ1) is 13.1. The minimum Gasteiger partial charge on any atom is -0.391 e. The third-order valence-corrected chi connectivity index (χ3v) is 6.78. The fraction of sp³-hybridized carbons (Fsp3) is 0.636. The van der Waals surface area contributed by atoms with Crippen molar-refractivity contribution >= 4 is 5.91 Å². The summed E-state index contributed by atoms with van der Waals surface area (Å²) < 4.78 is 0. The smallest absolute Gasteiger partial charge is 0.230 e. The van der Waals surface area contributed by atoms with E-state index in [2.05, 4.69) is 16.3 Å². The highest BCUT2D eigenvalue weighted by atomic mass is 16.3. The first-order valence-electron chi connectivity index (χ1n) is 10.4. The van der Waals surface area contributed by atoms with Crippen LogP contribution in [0.1, 0.15) is 62.5 Å². The van der Waals surface area contributed by atoms with Crippen molar-refractivity contribution in [1.82, 2.24) is 10.2 Å². The number of benzene rings is 1. The molecular formula is C22H29N3O2. The molecule has 2 atom stereocenters. The summed E-state index contributed by atoms with van der Waals surface area (Å²) in [5, 5.41) is 22.5. The number of aliphatic hydroxyl groups excluding tert-OH is 1. The Balaban J connectivity index is 1.32. The number of aliphatic hydroxyl groups is 1. The summed E-state index contributed by atoms with van der Waals surface area (Å²) in [7, 11) is 0. The number of nitriles is 1. The second kappa shape index (κ2) is 7.61. The van der Waals surface area contributed by atoms with Gasteiger partial charge in [-0.1, -0.05) is 25.0 Å². The van der Waals surface area contributed by atoms with Gasteiger partial charge >= 0.3 is 0 Å². The number of likely N-dealkylation sites (tertiary alicyclic amines) is 1. The molecule has 4 rings (SSSR count). The molecule has 144 valence electrons. The van der Waals surface area contributed by atoms with Gasteiger partial charge in [0.05, 0.1) is 23.2 Å². The number of hydrogen-bond acceptors (Lipinski definition) is 4. The Morgan fingerprint density at radius 1 is 1.11 bits per heavy atom. The van der Waals surface area contributed by atoms with Crippen molar-refractivity contribution in [1.29, 1.82) is 5.26 Å². The molecule has 2 N–H and O–H groups in total. The van der Waals surface area contributed by atoms with Gasteiger partial charge in [-0.05, 0) is 56.2 Å². The van der Waals surface area contributed by atoms with Crippen LogP contribution in [0, 0.1) is 11.3 Å². The number of hydrogen-bond donors (Lipinski definition) is 2. The van der Waals surface area contributed by atoms with E-state index in [1.165, 1.54) is 6.42 Å². The van der Waals surface area contributed by atoms with Crippen LogP contribution >= 0.6 is 0 Å². The fourth-order valence-electron chi connectivity index (χ4n) is 4.85. The monoisotopic (exact) mass is 367 g/mol. The summed E-state index contributed by atoms with van der Waals surface area (Å²) in [5.74, 6) is 0.142. The molecule has 1 aromatic rings. The van der Waals surface area contributed by atoms with E-state index in [4.69, 9.17) is 5.26 Å². The first-order valence-corrected chi connectivity index (χ1v) is 10.4. The van der Waals surface area contributed by atoms with Crippen molar-refractivity contribution in [2.45, 2.75) is 75.0 Å². The molecule has 0 bridgehead atoms. The quantitative estimate of drug-likeness (QED) is 0.857. The van der Waals surface area contributed by atoms with Crippen molar-refractivity contribution in [3.8, 4) is 6.07 Å². The average molecular weight is 367 g/mol. The van der Waals surface area contributed by atoms with E-state index in [1.807, 2.05) is 12.1 Å². The fourth-order valence-corrected chi connectivity index (χ4v) is 4.85. The molecule has 5 heteroatoms. The molecule has 1 amide bonds. The van der Waals surface area contributed by atoms with Crippen LogP contribution in [0.4, 0.5) is 0 Å². The van der Waals surface area contributed by atoms with Crippen LogP contribution in [0.5, 0.6) is 0 Å². The van der Waals surface area contributed by atoms with Crippen LogP contribution in [0.2, 0.25) is 0 Å². The first kappa shape index (κ1) is 18.5. The standard InChI is InChI=1S/C22H29N3O2/c23-15-16-5-7-17(8-6-16)22(11-12-22)21(27)24-18-9-13-25(14-10-18)19-3-1-2-4-20(19)26/h5-8,18-20,26H,1-4,9-14H2,(H,24,27). The Morgan fingerprint density at radius 3 is 2.37 bits per heavy atom. The predicted molar refractivity (Wildman–Crippen MR) is 103 cm³/mol. The largest absolute Gasteiger partial charge is 0.391 e. The van der Waals surface area contributed by atoms with Crippen molar-refractivity contribution < 1.29 is 9.90 Å². The molecule has 2 saturated carbocycles. The highest BCUT2D eigenvalue weighted by molar-refractivity contribution is 5.91. The third-order valence-electron chi connectivity index (χ3n) is 6.78. The van der Waals surface area contributed by atoms with E-state index in [0.29, 0.717) is 11.6 Å². The number of amides is 1. The van der Waals surface area contributed by atoms with E-state index < -0.39 is 0 Å². The molecule has 27 heavy (non-hydrogen) atoms. The molecule has 1 heterocycles. The van der Waals surface area contributed by atoms with Crippen molar-refractivity contribution in [2.24, 2.45) is 0 Å². The van der Waals surface area contributed by atoms with E-state index in [9.17, 15) is 9.90 Å². The number of carbonyl (C=O) groups excluding carboxylic acids is 1. The number of rotatable bonds is 4. The molecule has 3 fully saturated rings. The minimum atomic E-state index is -0.384. The Hall–Kier alpha value is -1.90. The number of nitrogens with zero attached hydrogens (tertiary/aromatic N) is 2. The highest BCUT2D eigenvalue weighted by Crippen LogP contribution is 2.48. The van der Waals surface area contributed by atoms with Gasteiger partial charge in [-0.3, -0.25) is 9.69 Å². The number of nitrogens with one attached hydrogen (secondary N) is 1. The summed E-state index contributed by atoms with van der Waals surface area (Å²) in [6, 6.07) is 10.1. The van der Waals surface area contributed by atoms with Gasteiger partial charge in [0.2, 0.25) is 5.91 Å². The van der Waals surface area contributed by atoms with Gasteiger partial charge in [0.1, 0.15) is 0 Å². The van der Waals surface area contributed by atoms with Gasteiger partial charge < -0.3 is 10.4 Å². The van der Waals surface area contributed by atoms with Crippen LogP contribution < -0.4 is 5.32 Å². The van der Waals surface area contributed by atoms with Gasteiger partial charge in [0, 0.05) is 25.2 Å². The van der Waals surface area contributed by atoms with Crippen molar-refractivity contribution in [3.05, 3.63) is 35.4 Å². The van der Waals surface area contributed by atoms with Crippen LogP contribution in [-0.2, 0) is 10.2 Å². The van der Waals surface area contributed by atoms with Crippen molar-refractivity contribution in [2.75, 3.05) is 13.1 Å². The van der Waals surface area contributed by atoms with E-state index in [-0.39, 0.29) is 23.5 Å². The molecule has 0 radical (unpaired) electrons. The van der Waals surface area contributed by atoms with Crippen LogP contribution in [0.25, 0.3) is 0 Å². The summed E-state index contributed by atoms with van der Waals surface area (Å²) in [6.07, 6.45) is 7.88. The van der Waals surface area contributed by atoms with Gasteiger partial charge in [0.15, 0.2) is 0 Å². The zero-order chi connectivity index (χ0) is 18.9. The Bertz CT molecular complexity index is 712. The third kappa shape index (κ3) is 3.74. The lowest BCUT2D eigenvalue weighted by molar-refractivity contribution is -0.124. The normalized spacial score (nSPS) is 28.3. The minimum absolute atomic E-state index is 0.142. The van der Waals surface area contributed by atoms with Gasteiger partial charge in [0.25, 0.3) is 0 Å². The number of piperidine rings is 1. The van der Waals surface area contributed by atoms with Gasteiger partial charge in [-0.2, -0.15) is 5.26 Å². The lowest BCUT2D eigenvalue weighted by Gasteiger charge is -2.41. The topological polar surface area (TPSA) is 76.4 Å². The van der Waals surface area contributed by atoms with E-state index in [0.717, 1.165) is 63.6 Å². The summed E-state index contributed by atoms with van der Waals surface area (Å²) >= 11 is 0. The summed E-state index contributed by atoms with van der Waals surface area (Å²) in [5.41, 5.74) is 1.28. The zero-order valence-corrected chi connectivity index (χ0v) is 15.9. The Morgan fingerprint density at radius 2 is 1.78 bits per heavy atom. The highest BCUT2D eigenvalue weighted by Gasteiger charge is 2.51.